The van der Waals surface area contributed by atoms with Crippen molar-refractivity contribution in [1.82, 2.24) is 0 Å². The van der Waals surface area contributed by atoms with Crippen molar-refractivity contribution in [3.8, 4) is 0 Å². The molecule has 0 aliphatic rings. The average molecular weight is 174 g/mol. The molecule has 0 bridgehead atoms. The van der Waals surface area contributed by atoms with E-state index in [9.17, 15) is 9.59 Å². The van der Waals surface area contributed by atoms with Crippen molar-refractivity contribution in [3.05, 3.63) is 0 Å². The molecule has 0 heterocycles. The van der Waals surface area contributed by atoms with Crippen molar-refractivity contribution < 1.29 is 9.59 Å². The fourth-order valence-electron chi connectivity index (χ4n) is 0.689. The Morgan fingerprint density at radius 2 is 1.73 bits per heavy atom. The molecule has 0 fully saturated rings. The number of hydrogen-bond donors (Lipinski definition) is 0. The number of ketones is 2. The molecule has 0 aromatic heterocycles. The van der Waals surface area contributed by atoms with Crippen LogP contribution in [0.1, 0.15) is 26.2 Å². The number of rotatable bonds is 6. The van der Waals surface area contributed by atoms with Gasteiger partial charge in [-0.3, -0.25) is 9.59 Å². The highest BCUT2D eigenvalue weighted by Gasteiger charge is 2.03. The van der Waals surface area contributed by atoms with E-state index >= 15 is 0 Å². The lowest BCUT2D eigenvalue weighted by Crippen LogP contribution is -2.04. The van der Waals surface area contributed by atoms with Gasteiger partial charge in [0.15, 0.2) is 0 Å². The lowest BCUT2D eigenvalue weighted by atomic mass is 10.1. The Balaban J connectivity index is 3.38. The largest absolute Gasteiger partial charge is 0.300 e. The van der Waals surface area contributed by atoms with E-state index in [1.807, 2.05) is 13.2 Å². The van der Waals surface area contributed by atoms with Crippen LogP contribution in [0.5, 0.6) is 0 Å². The number of hydrogen-bond acceptors (Lipinski definition) is 3. The fourth-order valence-corrected chi connectivity index (χ4v) is 1.16. The third-order valence-electron chi connectivity index (χ3n) is 1.38. The van der Waals surface area contributed by atoms with E-state index in [0.29, 0.717) is 25.0 Å². The lowest BCUT2D eigenvalue weighted by molar-refractivity contribution is -0.122. The second-order valence-corrected chi connectivity index (χ2v) is 3.23. The summed E-state index contributed by atoms with van der Waals surface area (Å²) in [4.78, 5) is 21.7. The van der Waals surface area contributed by atoms with Crippen molar-refractivity contribution in [1.29, 1.82) is 0 Å². The SMILES string of the molecule is CCC(=O)CCC(=O)CSC. The van der Waals surface area contributed by atoms with Gasteiger partial charge in [-0.15, -0.1) is 0 Å². The molecular weight excluding hydrogens is 160 g/mol. The molecule has 0 aromatic rings. The van der Waals surface area contributed by atoms with Crippen LogP contribution in [0.2, 0.25) is 0 Å². The second-order valence-electron chi connectivity index (χ2n) is 2.36. The van der Waals surface area contributed by atoms with Crippen molar-refractivity contribution in [2.45, 2.75) is 26.2 Å². The van der Waals surface area contributed by atoms with Crippen LogP contribution in [0.3, 0.4) is 0 Å². The molecule has 0 N–H and O–H groups in total. The first-order chi connectivity index (χ1) is 5.20. The van der Waals surface area contributed by atoms with E-state index in [0.717, 1.165) is 0 Å². The monoisotopic (exact) mass is 174 g/mol. The van der Waals surface area contributed by atoms with Gasteiger partial charge in [0, 0.05) is 19.3 Å². The minimum Gasteiger partial charge on any atom is -0.300 e. The molecule has 2 nitrogen and oxygen atoms in total. The molecule has 0 spiro atoms. The summed E-state index contributed by atoms with van der Waals surface area (Å²) in [6.07, 6.45) is 3.29. The van der Waals surface area contributed by atoms with E-state index in [-0.39, 0.29) is 11.6 Å². The van der Waals surface area contributed by atoms with Gasteiger partial charge >= 0.3 is 0 Å². The van der Waals surface area contributed by atoms with Gasteiger partial charge in [0.2, 0.25) is 0 Å². The van der Waals surface area contributed by atoms with Crippen LogP contribution < -0.4 is 0 Å². The molecule has 0 aliphatic heterocycles. The predicted molar refractivity (Wildman–Crippen MR) is 47.9 cm³/mol. The Morgan fingerprint density at radius 3 is 2.18 bits per heavy atom. The van der Waals surface area contributed by atoms with Gasteiger partial charge in [-0.05, 0) is 6.26 Å². The summed E-state index contributed by atoms with van der Waals surface area (Å²) in [6, 6.07) is 0. The number of Topliss-reactive ketones (excluding diaryl/α,β-unsaturated/α-hetero) is 2. The van der Waals surface area contributed by atoms with Gasteiger partial charge in [0.05, 0.1) is 5.75 Å². The Kier molecular flexibility index (Phi) is 6.22. The minimum absolute atomic E-state index is 0.180. The zero-order chi connectivity index (χ0) is 8.69. The summed E-state index contributed by atoms with van der Waals surface area (Å²) in [5, 5.41) is 0. The first-order valence-corrected chi connectivity index (χ1v) is 5.12. The number of carbonyl (C=O) groups is 2. The third-order valence-corrected chi connectivity index (χ3v) is 1.99. The van der Waals surface area contributed by atoms with Crippen LogP contribution in [0.4, 0.5) is 0 Å². The summed E-state index contributed by atoms with van der Waals surface area (Å²) < 4.78 is 0. The van der Waals surface area contributed by atoms with Gasteiger partial charge in [-0.2, -0.15) is 11.8 Å². The van der Waals surface area contributed by atoms with Crippen LogP contribution in [-0.2, 0) is 9.59 Å². The Morgan fingerprint density at radius 1 is 1.18 bits per heavy atom. The summed E-state index contributed by atoms with van der Waals surface area (Å²) >= 11 is 1.51. The van der Waals surface area contributed by atoms with Gasteiger partial charge in [-0.25, -0.2) is 0 Å². The maximum Gasteiger partial charge on any atom is 0.143 e. The lowest BCUT2D eigenvalue weighted by Gasteiger charge is -1.95. The van der Waals surface area contributed by atoms with E-state index < -0.39 is 0 Å². The summed E-state index contributed by atoms with van der Waals surface area (Å²) in [5.74, 6) is 0.899. The van der Waals surface area contributed by atoms with Crippen molar-refractivity contribution in [2.24, 2.45) is 0 Å². The first kappa shape index (κ1) is 10.7. The molecule has 0 rings (SSSR count). The van der Waals surface area contributed by atoms with Gasteiger partial charge < -0.3 is 0 Å². The first-order valence-electron chi connectivity index (χ1n) is 3.73. The van der Waals surface area contributed by atoms with Crippen LogP contribution in [0.15, 0.2) is 0 Å². The van der Waals surface area contributed by atoms with E-state index in [1.165, 1.54) is 11.8 Å². The second kappa shape index (κ2) is 6.40. The summed E-state index contributed by atoms with van der Waals surface area (Å²) in [5.41, 5.74) is 0. The molecule has 64 valence electrons. The van der Waals surface area contributed by atoms with Crippen LogP contribution in [-0.4, -0.2) is 23.6 Å². The molecule has 0 saturated carbocycles. The van der Waals surface area contributed by atoms with E-state index in [2.05, 4.69) is 0 Å². The Hall–Kier alpha value is -0.310. The van der Waals surface area contributed by atoms with Crippen LogP contribution >= 0.6 is 11.8 Å². The number of thioether (sulfide) groups is 1. The summed E-state index contributed by atoms with van der Waals surface area (Å²) in [7, 11) is 0. The van der Waals surface area contributed by atoms with Gasteiger partial charge in [-0.1, -0.05) is 6.92 Å². The fraction of sp³-hybridized carbons (Fsp3) is 0.750. The smallest absolute Gasteiger partial charge is 0.143 e. The van der Waals surface area contributed by atoms with Crippen molar-refractivity contribution in [2.75, 3.05) is 12.0 Å². The van der Waals surface area contributed by atoms with Crippen molar-refractivity contribution in [3.63, 3.8) is 0 Å². The Bertz CT molecular complexity index is 143. The maximum atomic E-state index is 10.9. The molecule has 3 heteroatoms. The van der Waals surface area contributed by atoms with Crippen molar-refractivity contribution >= 4 is 23.3 Å². The van der Waals surface area contributed by atoms with Gasteiger partial charge in [0.1, 0.15) is 11.6 Å². The quantitative estimate of drug-likeness (QED) is 0.614. The molecule has 0 atom stereocenters. The molecule has 0 aromatic carbocycles. The number of carbonyl (C=O) groups excluding carboxylic acids is 2. The van der Waals surface area contributed by atoms with E-state index in [1.54, 1.807) is 0 Å². The zero-order valence-electron chi connectivity index (χ0n) is 7.05. The molecule has 0 radical (unpaired) electrons. The molecule has 0 amide bonds. The normalized spacial score (nSPS) is 9.64. The highest BCUT2D eigenvalue weighted by atomic mass is 32.2. The molecule has 0 saturated heterocycles. The molecule has 0 aliphatic carbocycles. The minimum atomic E-state index is 0.180. The van der Waals surface area contributed by atoms with Crippen LogP contribution in [0.25, 0.3) is 0 Å². The maximum absolute atomic E-state index is 10.9. The average Bonchev–Trinajstić information content (AvgIpc) is 2.01. The van der Waals surface area contributed by atoms with Crippen LogP contribution in [0, 0.1) is 0 Å². The highest BCUT2D eigenvalue weighted by Crippen LogP contribution is 2.00. The molecule has 0 unspecified atom stereocenters. The zero-order valence-corrected chi connectivity index (χ0v) is 7.87. The Labute approximate surface area is 71.7 Å². The van der Waals surface area contributed by atoms with E-state index in [4.69, 9.17) is 0 Å². The predicted octanol–water partition coefficient (Wildman–Crippen LogP) is 1.68. The summed E-state index contributed by atoms with van der Waals surface area (Å²) in [6.45, 7) is 1.82. The highest BCUT2D eigenvalue weighted by molar-refractivity contribution is 7.99. The standard InChI is InChI=1S/C8H14O2S/c1-3-7(9)4-5-8(10)6-11-2/h3-6H2,1-2H3. The third kappa shape index (κ3) is 6.10. The van der Waals surface area contributed by atoms with Gasteiger partial charge in [0.25, 0.3) is 0 Å². The molecular formula is C8H14O2S. The molecule has 11 heavy (non-hydrogen) atoms. The topological polar surface area (TPSA) is 34.1 Å².